The molecule has 4 aromatic rings. The molecule has 0 bridgehead atoms. The number of aliphatic hydroxyl groups is 1. The van der Waals surface area contributed by atoms with E-state index in [0.29, 0.717) is 29.1 Å². The predicted molar refractivity (Wildman–Crippen MR) is 112 cm³/mol. The number of hydrogen-bond donors (Lipinski definition) is 2. The number of aliphatic hydroxyl groups excluding tert-OH is 1. The molecule has 0 saturated heterocycles. The molecule has 0 aliphatic carbocycles. The zero-order valence-electron chi connectivity index (χ0n) is 16.2. The number of rotatable bonds is 7. The summed E-state index contributed by atoms with van der Waals surface area (Å²) in [7, 11) is 0. The molecule has 2 heterocycles. The van der Waals surface area contributed by atoms with E-state index in [0.717, 1.165) is 22.2 Å². The van der Waals surface area contributed by atoms with Crippen LogP contribution in [-0.4, -0.2) is 28.5 Å². The lowest BCUT2D eigenvalue weighted by molar-refractivity contribution is 0.196. The lowest BCUT2D eigenvalue weighted by atomic mass is 9.94. The molecule has 2 aromatic heterocycles. The van der Waals surface area contributed by atoms with Gasteiger partial charge in [0.15, 0.2) is 5.58 Å². The fourth-order valence-corrected chi connectivity index (χ4v) is 3.37. The summed E-state index contributed by atoms with van der Waals surface area (Å²) in [6.07, 6.45) is 0.502. The molecule has 0 aliphatic rings. The first-order valence-corrected chi connectivity index (χ1v) is 9.53. The van der Waals surface area contributed by atoms with Crippen LogP contribution < -0.4 is 10.5 Å². The Labute approximate surface area is 173 Å². The van der Waals surface area contributed by atoms with Crippen LogP contribution in [0.5, 0.6) is 5.88 Å². The number of ether oxygens (including phenoxy) is 1. The van der Waals surface area contributed by atoms with Gasteiger partial charge in [-0.25, -0.2) is 4.98 Å². The summed E-state index contributed by atoms with van der Waals surface area (Å²) < 4.78 is 10.8. The Bertz CT molecular complexity index is 1210. The number of nitriles is 1. The SMILES string of the molecule is N#Cc1ccc2c(-c3ccccc3[C@@H](N)Cc3cccc(OCCO)n3)noc2c1. The number of hydrogen-bond acceptors (Lipinski definition) is 7. The second kappa shape index (κ2) is 8.74. The van der Waals surface area contributed by atoms with Crippen LogP contribution in [0, 0.1) is 11.3 Å². The van der Waals surface area contributed by atoms with Crippen LogP contribution in [0.3, 0.4) is 0 Å². The minimum atomic E-state index is -0.327. The lowest BCUT2D eigenvalue weighted by Crippen LogP contribution is -2.15. The van der Waals surface area contributed by atoms with Gasteiger partial charge in [-0.3, -0.25) is 0 Å². The van der Waals surface area contributed by atoms with Crippen LogP contribution in [0.1, 0.15) is 22.9 Å². The number of pyridine rings is 1. The Morgan fingerprint density at radius 3 is 2.83 bits per heavy atom. The summed E-state index contributed by atoms with van der Waals surface area (Å²) in [6, 6.07) is 20.3. The molecular weight excluding hydrogens is 380 g/mol. The third kappa shape index (κ3) is 4.01. The van der Waals surface area contributed by atoms with E-state index in [4.69, 9.17) is 25.4 Å². The molecule has 0 radical (unpaired) electrons. The first kappa shape index (κ1) is 19.6. The minimum Gasteiger partial charge on any atom is -0.475 e. The second-order valence-corrected chi connectivity index (χ2v) is 6.79. The van der Waals surface area contributed by atoms with E-state index in [1.165, 1.54) is 0 Å². The van der Waals surface area contributed by atoms with Crippen molar-refractivity contribution in [3.63, 3.8) is 0 Å². The van der Waals surface area contributed by atoms with Crippen LogP contribution in [0.15, 0.2) is 65.2 Å². The fourth-order valence-electron chi connectivity index (χ4n) is 3.37. The lowest BCUT2D eigenvalue weighted by Gasteiger charge is -2.16. The largest absolute Gasteiger partial charge is 0.475 e. The maximum Gasteiger partial charge on any atom is 0.213 e. The van der Waals surface area contributed by atoms with E-state index in [9.17, 15) is 0 Å². The molecule has 0 spiro atoms. The van der Waals surface area contributed by atoms with Gasteiger partial charge in [0, 0.05) is 41.2 Å². The van der Waals surface area contributed by atoms with Gasteiger partial charge < -0.3 is 20.1 Å². The van der Waals surface area contributed by atoms with Crippen molar-refractivity contribution >= 4 is 11.0 Å². The van der Waals surface area contributed by atoms with Gasteiger partial charge in [0.05, 0.1) is 18.2 Å². The third-order valence-electron chi connectivity index (χ3n) is 4.77. The van der Waals surface area contributed by atoms with Crippen molar-refractivity contribution in [3.8, 4) is 23.2 Å². The highest BCUT2D eigenvalue weighted by Gasteiger charge is 2.18. The van der Waals surface area contributed by atoms with Gasteiger partial charge in [-0.2, -0.15) is 5.26 Å². The quantitative estimate of drug-likeness (QED) is 0.488. The number of nitrogens with two attached hydrogens (primary N) is 1. The van der Waals surface area contributed by atoms with Crippen LogP contribution in [0.2, 0.25) is 0 Å². The van der Waals surface area contributed by atoms with Gasteiger partial charge in [0.25, 0.3) is 0 Å². The summed E-state index contributed by atoms with van der Waals surface area (Å²) in [5, 5.41) is 23.1. The molecular formula is C23H20N4O3. The molecule has 3 N–H and O–H groups in total. The third-order valence-corrected chi connectivity index (χ3v) is 4.77. The van der Waals surface area contributed by atoms with Crippen molar-refractivity contribution < 1.29 is 14.4 Å². The summed E-state index contributed by atoms with van der Waals surface area (Å²) in [6.45, 7) is 0.123. The van der Waals surface area contributed by atoms with Crippen molar-refractivity contribution in [1.29, 1.82) is 5.26 Å². The minimum absolute atomic E-state index is 0.0691. The van der Waals surface area contributed by atoms with Gasteiger partial charge in [-0.1, -0.05) is 35.5 Å². The highest BCUT2D eigenvalue weighted by atomic mass is 16.5. The number of fused-ring (bicyclic) bond motifs is 1. The molecule has 2 aromatic carbocycles. The van der Waals surface area contributed by atoms with E-state index in [1.54, 1.807) is 18.2 Å². The van der Waals surface area contributed by atoms with Crippen molar-refractivity contribution in [2.24, 2.45) is 5.73 Å². The second-order valence-electron chi connectivity index (χ2n) is 6.79. The van der Waals surface area contributed by atoms with E-state index in [-0.39, 0.29) is 19.3 Å². The standard InChI is InChI=1S/C23H20N4O3/c24-14-15-8-9-19-21(12-15)30-27-23(19)18-6-2-1-5-17(18)20(25)13-16-4-3-7-22(26-16)29-11-10-28/h1-9,12,20,28H,10-11,13,25H2/t20-/m0/s1. The molecule has 7 heteroatoms. The number of nitrogens with zero attached hydrogens (tertiary/aromatic N) is 3. The smallest absolute Gasteiger partial charge is 0.213 e. The Kier molecular flexibility index (Phi) is 5.70. The van der Waals surface area contributed by atoms with Crippen molar-refractivity contribution in [3.05, 3.63) is 77.5 Å². The Morgan fingerprint density at radius 1 is 1.13 bits per heavy atom. The van der Waals surface area contributed by atoms with Crippen molar-refractivity contribution in [2.75, 3.05) is 13.2 Å². The van der Waals surface area contributed by atoms with Crippen LogP contribution >= 0.6 is 0 Å². The molecule has 0 saturated carbocycles. The van der Waals surface area contributed by atoms with Gasteiger partial charge >= 0.3 is 0 Å². The summed E-state index contributed by atoms with van der Waals surface area (Å²) in [5.41, 5.74) is 10.9. The molecule has 150 valence electrons. The summed E-state index contributed by atoms with van der Waals surface area (Å²) in [4.78, 5) is 4.46. The zero-order valence-corrected chi connectivity index (χ0v) is 16.2. The Balaban J connectivity index is 1.65. The van der Waals surface area contributed by atoms with Gasteiger partial charge in [0.2, 0.25) is 5.88 Å². The summed E-state index contributed by atoms with van der Waals surface area (Å²) in [5.74, 6) is 0.456. The first-order valence-electron chi connectivity index (χ1n) is 9.53. The molecule has 4 rings (SSSR count). The van der Waals surface area contributed by atoms with Gasteiger partial charge in [-0.15, -0.1) is 0 Å². The molecule has 30 heavy (non-hydrogen) atoms. The zero-order chi connectivity index (χ0) is 20.9. The molecule has 7 nitrogen and oxygen atoms in total. The predicted octanol–water partition coefficient (Wildman–Crippen LogP) is 3.38. The molecule has 0 aliphatic heterocycles. The number of aromatic nitrogens is 2. The Hall–Kier alpha value is -3.73. The van der Waals surface area contributed by atoms with Crippen molar-refractivity contribution in [1.82, 2.24) is 10.1 Å². The van der Waals surface area contributed by atoms with Crippen LogP contribution in [0.25, 0.3) is 22.2 Å². The van der Waals surface area contributed by atoms with Gasteiger partial charge in [0.1, 0.15) is 12.3 Å². The Morgan fingerprint density at radius 2 is 2.00 bits per heavy atom. The van der Waals surface area contributed by atoms with Gasteiger partial charge in [-0.05, 0) is 23.8 Å². The van der Waals surface area contributed by atoms with E-state index in [1.807, 2.05) is 42.5 Å². The average Bonchev–Trinajstić information content (AvgIpc) is 3.21. The molecule has 0 fully saturated rings. The average molecular weight is 400 g/mol. The molecule has 0 amide bonds. The highest BCUT2D eigenvalue weighted by molar-refractivity contribution is 5.93. The molecule has 0 unspecified atom stereocenters. The van der Waals surface area contributed by atoms with Crippen LogP contribution in [0.4, 0.5) is 0 Å². The fraction of sp³-hybridized carbons (Fsp3) is 0.174. The maximum absolute atomic E-state index is 9.09. The van der Waals surface area contributed by atoms with Crippen molar-refractivity contribution in [2.45, 2.75) is 12.5 Å². The van der Waals surface area contributed by atoms with E-state index < -0.39 is 0 Å². The van der Waals surface area contributed by atoms with Crippen LogP contribution in [-0.2, 0) is 6.42 Å². The summed E-state index contributed by atoms with van der Waals surface area (Å²) >= 11 is 0. The topological polar surface area (TPSA) is 118 Å². The molecule has 1 atom stereocenters. The first-order chi connectivity index (χ1) is 14.7. The monoisotopic (exact) mass is 400 g/mol. The van der Waals surface area contributed by atoms with E-state index in [2.05, 4.69) is 16.2 Å². The highest BCUT2D eigenvalue weighted by Crippen LogP contribution is 2.33. The normalized spacial score (nSPS) is 11.9. The number of benzene rings is 2. The maximum atomic E-state index is 9.09. The van der Waals surface area contributed by atoms with E-state index >= 15 is 0 Å².